The Bertz CT molecular complexity index is 1310. The minimum absolute atomic E-state index is 0.102. The Morgan fingerprint density at radius 3 is 2.33 bits per heavy atom. The average Bonchev–Trinajstić information content (AvgIpc) is 3.34. The molecular formula is C28H27F3N4O. The van der Waals surface area contributed by atoms with Crippen LogP contribution in [0.5, 0.6) is 0 Å². The third kappa shape index (κ3) is 4.62. The lowest BCUT2D eigenvalue weighted by Crippen LogP contribution is -2.38. The van der Waals surface area contributed by atoms with Crippen molar-refractivity contribution in [1.82, 2.24) is 14.9 Å². The second-order valence-electron chi connectivity index (χ2n) is 9.83. The van der Waals surface area contributed by atoms with Crippen LogP contribution in [0.1, 0.15) is 82.2 Å². The molecule has 1 saturated carbocycles. The van der Waals surface area contributed by atoms with Gasteiger partial charge in [0.2, 0.25) is 0 Å². The molecule has 5 rings (SSSR count). The van der Waals surface area contributed by atoms with Crippen molar-refractivity contribution >= 4 is 5.91 Å². The number of nitriles is 1. The number of alkyl halides is 3. The zero-order valence-electron chi connectivity index (χ0n) is 20.0. The number of imidazole rings is 1. The quantitative estimate of drug-likeness (QED) is 0.448. The van der Waals surface area contributed by atoms with Gasteiger partial charge >= 0.3 is 6.18 Å². The Labute approximate surface area is 208 Å². The normalized spacial score (nSPS) is 17.0. The summed E-state index contributed by atoms with van der Waals surface area (Å²) in [5.41, 5.74) is 3.78. The summed E-state index contributed by atoms with van der Waals surface area (Å²) in [4.78, 5) is 21.8. The number of rotatable bonds is 4. The predicted octanol–water partition coefficient (Wildman–Crippen LogP) is 6.56. The molecule has 8 heteroatoms. The molecule has 1 amide bonds. The molecule has 0 unspecified atom stereocenters. The fourth-order valence-electron chi connectivity index (χ4n) is 5.24. The first-order valence-corrected chi connectivity index (χ1v) is 12.3. The van der Waals surface area contributed by atoms with Crippen molar-refractivity contribution in [3.05, 3.63) is 76.1 Å². The highest BCUT2D eigenvalue weighted by molar-refractivity contribution is 5.97. The van der Waals surface area contributed by atoms with E-state index in [1.54, 1.807) is 6.07 Å². The van der Waals surface area contributed by atoms with E-state index in [0.29, 0.717) is 35.7 Å². The topological polar surface area (TPSA) is 72.8 Å². The molecule has 36 heavy (non-hydrogen) atoms. The first kappa shape index (κ1) is 24.1. The van der Waals surface area contributed by atoms with Crippen LogP contribution >= 0.6 is 0 Å². The minimum atomic E-state index is -4.51. The van der Waals surface area contributed by atoms with Crippen molar-refractivity contribution in [2.24, 2.45) is 0 Å². The van der Waals surface area contributed by atoms with Crippen LogP contribution in [0.25, 0.3) is 11.4 Å². The van der Waals surface area contributed by atoms with Gasteiger partial charge in [0.25, 0.3) is 5.91 Å². The highest BCUT2D eigenvalue weighted by Crippen LogP contribution is 2.42. The van der Waals surface area contributed by atoms with Crippen LogP contribution in [0.3, 0.4) is 0 Å². The Hall–Kier alpha value is -3.60. The lowest BCUT2D eigenvalue weighted by Gasteiger charge is -2.33. The van der Waals surface area contributed by atoms with Gasteiger partial charge in [-0.15, -0.1) is 0 Å². The van der Waals surface area contributed by atoms with Crippen molar-refractivity contribution in [1.29, 1.82) is 5.26 Å². The molecule has 1 N–H and O–H groups in total. The number of nitrogens with zero attached hydrogens (tertiary/aromatic N) is 3. The first-order chi connectivity index (χ1) is 17.2. The number of nitrogens with one attached hydrogen (secondary N) is 1. The fraction of sp³-hybridized carbons (Fsp3) is 0.393. The van der Waals surface area contributed by atoms with Crippen molar-refractivity contribution in [3.63, 3.8) is 0 Å². The maximum Gasteiger partial charge on any atom is 0.432 e. The van der Waals surface area contributed by atoms with Crippen LogP contribution in [0.15, 0.2) is 42.6 Å². The second-order valence-corrected chi connectivity index (χ2v) is 9.83. The number of piperidine rings is 1. The number of hydrogen-bond donors (Lipinski definition) is 1. The van der Waals surface area contributed by atoms with E-state index in [-0.39, 0.29) is 17.6 Å². The number of amides is 1. The molecule has 0 radical (unpaired) electrons. The summed E-state index contributed by atoms with van der Waals surface area (Å²) in [6.45, 7) is 3.09. The van der Waals surface area contributed by atoms with E-state index in [0.717, 1.165) is 49.4 Å². The molecule has 1 aromatic heterocycles. The molecule has 5 nitrogen and oxygen atoms in total. The fourth-order valence-corrected chi connectivity index (χ4v) is 5.24. The third-order valence-corrected chi connectivity index (χ3v) is 7.60. The number of aromatic nitrogens is 2. The van der Waals surface area contributed by atoms with Gasteiger partial charge in [-0.1, -0.05) is 24.6 Å². The van der Waals surface area contributed by atoms with Crippen molar-refractivity contribution in [3.8, 4) is 17.5 Å². The van der Waals surface area contributed by atoms with E-state index in [4.69, 9.17) is 5.26 Å². The van der Waals surface area contributed by atoms with Crippen LogP contribution in [-0.2, 0) is 6.18 Å². The van der Waals surface area contributed by atoms with Gasteiger partial charge in [-0.2, -0.15) is 18.4 Å². The summed E-state index contributed by atoms with van der Waals surface area (Å²) in [7, 11) is 0. The number of benzene rings is 2. The molecule has 2 aromatic carbocycles. The Balaban J connectivity index is 1.39. The maximum atomic E-state index is 13.5. The Kier molecular flexibility index (Phi) is 6.33. The number of aryl methyl sites for hydroxylation is 1. The molecule has 0 bridgehead atoms. The number of aromatic amines is 1. The number of H-pyrrole nitrogens is 1. The number of likely N-dealkylation sites (tertiary alicyclic amines) is 1. The van der Waals surface area contributed by atoms with Crippen molar-refractivity contribution in [2.75, 3.05) is 13.1 Å². The van der Waals surface area contributed by atoms with Gasteiger partial charge in [-0.3, -0.25) is 4.79 Å². The Morgan fingerprint density at radius 2 is 1.78 bits per heavy atom. The zero-order valence-corrected chi connectivity index (χ0v) is 20.0. The van der Waals surface area contributed by atoms with Gasteiger partial charge in [0.15, 0.2) is 0 Å². The predicted molar refractivity (Wildman–Crippen MR) is 129 cm³/mol. The van der Waals surface area contributed by atoms with Crippen molar-refractivity contribution < 1.29 is 18.0 Å². The Morgan fingerprint density at radius 1 is 1.08 bits per heavy atom. The zero-order chi connectivity index (χ0) is 25.4. The summed E-state index contributed by atoms with van der Waals surface area (Å²) in [5.74, 6) is 0.640. The smallest absolute Gasteiger partial charge is 0.339 e. The molecule has 1 aliphatic carbocycles. The monoisotopic (exact) mass is 492 g/mol. The molecule has 0 spiro atoms. The van der Waals surface area contributed by atoms with E-state index in [9.17, 15) is 18.0 Å². The molecule has 186 valence electrons. The summed E-state index contributed by atoms with van der Waals surface area (Å²) in [6, 6.07) is 13.4. The van der Waals surface area contributed by atoms with Crippen LogP contribution in [0.2, 0.25) is 0 Å². The van der Waals surface area contributed by atoms with E-state index in [1.807, 2.05) is 42.2 Å². The standard InChI is InChI=1S/C28H27F3N4O/c1-17-13-23(21-3-2-4-21)24(26-33-16-25(34-26)28(29,30)31)14-22(17)27(36)35-11-9-20(10-12-35)19-7-5-18(15-32)6-8-19/h5-8,13-14,16,20-21H,2-4,9-12H2,1H3,(H,33,34). The molecule has 2 heterocycles. The third-order valence-electron chi connectivity index (χ3n) is 7.60. The lowest BCUT2D eigenvalue weighted by molar-refractivity contribution is -0.140. The lowest BCUT2D eigenvalue weighted by atomic mass is 9.77. The van der Waals surface area contributed by atoms with Gasteiger partial charge < -0.3 is 9.88 Å². The van der Waals surface area contributed by atoms with E-state index >= 15 is 0 Å². The maximum absolute atomic E-state index is 13.5. The van der Waals surface area contributed by atoms with Crippen LogP contribution < -0.4 is 0 Å². The number of hydrogen-bond acceptors (Lipinski definition) is 3. The van der Waals surface area contributed by atoms with Gasteiger partial charge in [0.05, 0.1) is 17.8 Å². The number of halogens is 3. The largest absolute Gasteiger partial charge is 0.432 e. The molecular weight excluding hydrogens is 465 g/mol. The highest BCUT2D eigenvalue weighted by atomic mass is 19.4. The minimum Gasteiger partial charge on any atom is -0.339 e. The SMILES string of the molecule is Cc1cc(C2CCC2)c(-c2ncc(C(F)(F)F)[nH]2)cc1C(=O)N1CCC(c2ccc(C#N)cc2)CC1. The molecule has 2 fully saturated rings. The summed E-state index contributed by atoms with van der Waals surface area (Å²) in [5, 5.41) is 9.01. The molecule has 1 saturated heterocycles. The van der Waals surface area contributed by atoms with E-state index in [1.165, 1.54) is 5.56 Å². The highest BCUT2D eigenvalue weighted by Gasteiger charge is 2.34. The number of carbonyl (C=O) groups is 1. The molecule has 3 aromatic rings. The summed E-state index contributed by atoms with van der Waals surface area (Å²) < 4.78 is 39.6. The van der Waals surface area contributed by atoms with Gasteiger partial charge in [0, 0.05) is 24.2 Å². The molecule has 0 atom stereocenters. The van der Waals surface area contributed by atoms with Gasteiger partial charge in [0.1, 0.15) is 11.5 Å². The summed E-state index contributed by atoms with van der Waals surface area (Å²) in [6.07, 6.45) is 0.988. The van der Waals surface area contributed by atoms with Crippen LogP contribution in [-0.4, -0.2) is 33.9 Å². The van der Waals surface area contributed by atoms with E-state index < -0.39 is 11.9 Å². The van der Waals surface area contributed by atoms with Crippen LogP contribution in [0, 0.1) is 18.3 Å². The molecule has 2 aliphatic rings. The van der Waals surface area contributed by atoms with E-state index in [2.05, 4.69) is 16.0 Å². The second kappa shape index (κ2) is 9.45. The van der Waals surface area contributed by atoms with Gasteiger partial charge in [-0.05, 0) is 79.3 Å². The average molecular weight is 493 g/mol. The van der Waals surface area contributed by atoms with Gasteiger partial charge in [-0.25, -0.2) is 4.98 Å². The van der Waals surface area contributed by atoms with Crippen molar-refractivity contribution in [2.45, 2.75) is 57.0 Å². The molecule has 1 aliphatic heterocycles. The first-order valence-electron chi connectivity index (χ1n) is 12.3. The number of carbonyl (C=O) groups excluding carboxylic acids is 1. The van der Waals surface area contributed by atoms with Crippen LogP contribution in [0.4, 0.5) is 13.2 Å². The summed E-state index contributed by atoms with van der Waals surface area (Å²) >= 11 is 0.